The van der Waals surface area contributed by atoms with Gasteiger partial charge in [0.2, 0.25) is 16.8 Å². The van der Waals surface area contributed by atoms with Gasteiger partial charge in [0, 0.05) is 6.54 Å². The molecule has 0 aromatic heterocycles. The Hall–Kier alpha value is -2.09. The molecule has 144 valence electrons. The van der Waals surface area contributed by atoms with Crippen LogP contribution in [0.5, 0.6) is 11.5 Å². The van der Waals surface area contributed by atoms with Gasteiger partial charge in [-0.1, -0.05) is 12.1 Å². The Kier molecular flexibility index (Phi) is 5.08. The van der Waals surface area contributed by atoms with Crippen molar-refractivity contribution in [2.24, 2.45) is 0 Å². The van der Waals surface area contributed by atoms with E-state index in [1.807, 2.05) is 6.07 Å². The molecule has 0 bridgehead atoms. The summed E-state index contributed by atoms with van der Waals surface area (Å²) in [6.07, 6.45) is 3.70. The highest BCUT2D eigenvalue weighted by molar-refractivity contribution is 7.89. The lowest BCUT2D eigenvalue weighted by Gasteiger charge is -2.17. The first-order chi connectivity index (χ1) is 13.0. The molecule has 6 nitrogen and oxygen atoms in total. The van der Waals surface area contributed by atoms with E-state index in [-0.39, 0.29) is 19.8 Å². The number of aryl methyl sites for hydroxylation is 2. The third-order valence-corrected chi connectivity index (χ3v) is 6.58. The van der Waals surface area contributed by atoms with Crippen LogP contribution in [-0.4, -0.2) is 26.9 Å². The molecule has 0 saturated heterocycles. The zero-order valence-corrected chi connectivity index (χ0v) is 15.8. The number of ether oxygens (including phenoxy) is 2. The summed E-state index contributed by atoms with van der Waals surface area (Å²) in [7, 11) is -3.59. The number of nitrogens with one attached hydrogen (secondary N) is 1. The lowest BCUT2D eigenvalue weighted by Crippen LogP contribution is -2.26. The molecule has 0 saturated carbocycles. The van der Waals surface area contributed by atoms with E-state index in [1.165, 1.54) is 5.56 Å². The molecule has 0 spiro atoms. The lowest BCUT2D eigenvalue weighted by molar-refractivity contribution is 0.166. The normalized spacial score (nSPS) is 16.8. The second-order valence-electron chi connectivity index (χ2n) is 6.95. The Morgan fingerprint density at radius 3 is 2.63 bits per heavy atom. The van der Waals surface area contributed by atoms with Crippen molar-refractivity contribution in [1.82, 2.24) is 4.72 Å². The van der Waals surface area contributed by atoms with Gasteiger partial charge in [0.25, 0.3) is 0 Å². The van der Waals surface area contributed by atoms with E-state index < -0.39 is 16.1 Å². The molecule has 2 aliphatic rings. The molecular formula is C20H23NO5S. The summed E-state index contributed by atoms with van der Waals surface area (Å²) >= 11 is 0. The van der Waals surface area contributed by atoms with Gasteiger partial charge in [-0.15, -0.1) is 0 Å². The molecule has 2 N–H and O–H groups in total. The van der Waals surface area contributed by atoms with Crippen LogP contribution in [0.25, 0.3) is 0 Å². The molecule has 7 heteroatoms. The van der Waals surface area contributed by atoms with Gasteiger partial charge in [-0.25, -0.2) is 13.1 Å². The maximum atomic E-state index is 12.6. The molecule has 1 aliphatic heterocycles. The maximum Gasteiger partial charge on any atom is 0.240 e. The number of benzene rings is 2. The molecule has 1 unspecified atom stereocenters. The van der Waals surface area contributed by atoms with Crippen LogP contribution in [0.1, 0.15) is 42.1 Å². The smallest absolute Gasteiger partial charge is 0.240 e. The second kappa shape index (κ2) is 7.50. The predicted octanol–water partition coefficient (Wildman–Crippen LogP) is 2.70. The first kappa shape index (κ1) is 18.3. The quantitative estimate of drug-likeness (QED) is 0.794. The summed E-state index contributed by atoms with van der Waals surface area (Å²) in [4.78, 5) is 0.292. The minimum atomic E-state index is -3.59. The molecule has 4 rings (SSSR count). The van der Waals surface area contributed by atoms with Gasteiger partial charge in [0.1, 0.15) is 0 Å². The van der Waals surface area contributed by atoms with Crippen molar-refractivity contribution in [2.45, 2.75) is 43.1 Å². The van der Waals surface area contributed by atoms with Gasteiger partial charge in [0.15, 0.2) is 11.5 Å². The van der Waals surface area contributed by atoms with Crippen molar-refractivity contribution in [3.05, 3.63) is 53.1 Å². The Morgan fingerprint density at radius 1 is 1.00 bits per heavy atom. The largest absolute Gasteiger partial charge is 0.454 e. The maximum absolute atomic E-state index is 12.6. The minimum Gasteiger partial charge on any atom is -0.454 e. The van der Waals surface area contributed by atoms with Crippen molar-refractivity contribution in [2.75, 3.05) is 13.3 Å². The molecule has 27 heavy (non-hydrogen) atoms. The van der Waals surface area contributed by atoms with Crippen molar-refractivity contribution in [3.8, 4) is 11.5 Å². The fraction of sp³-hybridized carbons (Fsp3) is 0.400. The van der Waals surface area contributed by atoms with Crippen LogP contribution in [0.4, 0.5) is 0 Å². The number of aliphatic hydroxyl groups excluding tert-OH is 1. The van der Waals surface area contributed by atoms with E-state index in [0.717, 1.165) is 31.2 Å². The zero-order valence-electron chi connectivity index (χ0n) is 15.0. The van der Waals surface area contributed by atoms with Crippen molar-refractivity contribution < 1.29 is 23.0 Å². The summed E-state index contributed by atoms with van der Waals surface area (Å²) < 4.78 is 38.3. The van der Waals surface area contributed by atoms with E-state index in [2.05, 4.69) is 4.72 Å². The van der Waals surface area contributed by atoms with E-state index in [1.54, 1.807) is 30.3 Å². The second-order valence-corrected chi connectivity index (χ2v) is 8.72. The van der Waals surface area contributed by atoms with Crippen LogP contribution < -0.4 is 14.2 Å². The van der Waals surface area contributed by atoms with E-state index >= 15 is 0 Å². The lowest BCUT2D eigenvalue weighted by atomic mass is 9.92. The van der Waals surface area contributed by atoms with Gasteiger partial charge in [0.05, 0.1) is 11.0 Å². The summed E-state index contributed by atoms with van der Waals surface area (Å²) in [5, 5.41) is 10.3. The summed E-state index contributed by atoms with van der Waals surface area (Å²) in [6, 6.07) is 10.6. The number of aliphatic hydroxyl groups is 1. The summed E-state index contributed by atoms with van der Waals surface area (Å²) in [6.45, 7) is 0.324. The summed E-state index contributed by atoms with van der Waals surface area (Å²) in [5.74, 6) is 1.25. The van der Waals surface area contributed by atoms with Crippen molar-refractivity contribution in [1.29, 1.82) is 0 Å². The van der Waals surface area contributed by atoms with Crippen LogP contribution in [-0.2, 0) is 22.9 Å². The predicted molar refractivity (Wildman–Crippen MR) is 100 cm³/mol. The minimum absolute atomic E-state index is 0.148. The first-order valence-electron chi connectivity index (χ1n) is 9.22. The third kappa shape index (κ3) is 3.95. The fourth-order valence-electron chi connectivity index (χ4n) is 3.58. The highest BCUT2D eigenvalue weighted by Gasteiger charge is 2.19. The Balaban J connectivity index is 1.38. The van der Waals surface area contributed by atoms with Gasteiger partial charge in [-0.05, 0) is 73.1 Å². The highest BCUT2D eigenvalue weighted by atomic mass is 32.2. The molecule has 1 atom stereocenters. The molecule has 1 heterocycles. The van der Waals surface area contributed by atoms with Crippen molar-refractivity contribution in [3.63, 3.8) is 0 Å². The van der Waals surface area contributed by atoms with Crippen LogP contribution >= 0.6 is 0 Å². The van der Waals surface area contributed by atoms with Crippen molar-refractivity contribution >= 4 is 10.0 Å². The Bertz CT molecular complexity index is 941. The topological polar surface area (TPSA) is 84.9 Å². The fourth-order valence-corrected chi connectivity index (χ4v) is 4.68. The molecule has 1 aliphatic carbocycles. The molecular weight excluding hydrogens is 366 g/mol. The average molecular weight is 389 g/mol. The number of sulfonamides is 1. The van der Waals surface area contributed by atoms with Gasteiger partial charge >= 0.3 is 0 Å². The highest BCUT2D eigenvalue weighted by Crippen LogP contribution is 2.34. The molecule has 2 aromatic rings. The van der Waals surface area contributed by atoms with Crippen LogP contribution in [0.3, 0.4) is 0 Å². The zero-order chi connectivity index (χ0) is 18.9. The average Bonchev–Trinajstić information content (AvgIpc) is 3.15. The van der Waals surface area contributed by atoms with Gasteiger partial charge < -0.3 is 14.6 Å². The van der Waals surface area contributed by atoms with Crippen LogP contribution in [0.15, 0.2) is 41.3 Å². The number of fused-ring (bicyclic) bond motifs is 2. The number of rotatable bonds is 6. The van der Waals surface area contributed by atoms with Gasteiger partial charge in [-0.2, -0.15) is 0 Å². The van der Waals surface area contributed by atoms with E-state index in [4.69, 9.17) is 9.47 Å². The van der Waals surface area contributed by atoms with E-state index in [0.29, 0.717) is 22.0 Å². The standard InChI is InChI=1S/C20H23NO5S/c22-18(16-6-8-19-20(12-16)26-13-25-19)9-10-21-27(23,24)17-7-5-14-3-1-2-4-15(14)11-17/h5-8,11-12,18,21-22H,1-4,9-10,13H2. The molecule has 0 amide bonds. The number of hydrogen-bond donors (Lipinski definition) is 2. The monoisotopic (exact) mass is 389 g/mol. The first-order valence-corrected chi connectivity index (χ1v) is 10.7. The number of hydrogen-bond acceptors (Lipinski definition) is 5. The molecule has 0 radical (unpaired) electrons. The van der Waals surface area contributed by atoms with E-state index in [9.17, 15) is 13.5 Å². The summed E-state index contributed by atoms with van der Waals surface area (Å²) in [5.41, 5.74) is 3.05. The molecule has 0 fully saturated rings. The Labute approximate surface area is 159 Å². The Morgan fingerprint density at radius 2 is 1.78 bits per heavy atom. The van der Waals surface area contributed by atoms with Crippen LogP contribution in [0.2, 0.25) is 0 Å². The SMILES string of the molecule is O=S(=O)(NCCC(O)c1ccc2c(c1)OCO2)c1ccc2c(c1)CCCC2. The molecule has 2 aromatic carbocycles. The third-order valence-electron chi connectivity index (χ3n) is 5.12. The van der Waals surface area contributed by atoms with Crippen LogP contribution in [0, 0.1) is 0 Å². The van der Waals surface area contributed by atoms with Gasteiger partial charge in [-0.3, -0.25) is 0 Å².